The molecule has 1 aliphatic carbocycles. The summed E-state index contributed by atoms with van der Waals surface area (Å²) in [5.74, 6) is -2.35. The number of rotatable bonds is 6. The van der Waals surface area contributed by atoms with Gasteiger partial charge in [-0.15, -0.1) is 0 Å². The molecule has 4 rings (SSSR count). The van der Waals surface area contributed by atoms with Gasteiger partial charge in [-0.3, -0.25) is 14.6 Å². The lowest BCUT2D eigenvalue weighted by Crippen LogP contribution is -2.65. The number of quaternary nitrogens is 1. The van der Waals surface area contributed by atoms with Gasteiger partial charge < -0.3 is 10.6 Å². The Morgan fingerprint density at radius 2 is 1.57 bits per heavy atom. The molecule has 2 N–H and O–H groups in total. The van der Waals surface area contributed by atoms with Gasteiger partial charge in [-0.2, -0.15) is 4.48 Å². The molecule has 0 spiro atoms. The summed E-state index contributed by atoms with van der Waals surface area (Å²) >= 11 is 0. The number of hydrogen-bond donors (Lipinski definition) is 2. The molecule has 0 radical (unpaired) electrons. The van der Waals surface area contributed by atoms with Gasteiger partial charge in [-0.05, 0) is 30.5 Å². The molecule has 8 nitrogen and oxygen atoms in total. The van der Waals surface area contributed by atoms with E-state index in [-0.39, 0.29) is 31.2 Å². The minimum absolute atomic E-state index is 0.0260. The molecule has 2 aromatic rings. The van der Waals surface area contributed by atoms with Crippen molar-refractivity contribution in [2.45, 2.75) is 63.5 Å². The number of imide groups is 1. The molecule has 8 heteroatoms. The molecule has 1 saturated heterocycles. The molecule has 1 aliphatic heterocycles. The van der Waals surface area contributed by atoms with Gasteiger partial charge in [-0.1, -0.05) is 55.7 Å². The number of hydrogen-bond acceptors (Lipinski definition) is 5. The summed E-state index contributed by atoms with van der Waals surface area (Å²) in [6, 6.07) is 13.3. The van der Waals surface area contributed by atoms with E-state index in [9.17, 15) is 19.2 Å². The first kappa shape index (κ1) is 24.7. The van der Waals surface area contributed by atoms with Crippen LogP contribution in [-0.2, 0) is 20.8 Å². The molecular weight excluding hydrogens is 444 g/mol. The third-order valence-electron chi connectivity index (χ3n) is 7.06. The van der Waals surface area contributed by atoms with E-state index in [2.05, 4.69) is 15.6 Å². The van der Waals surface area contributed by atoms with Crippen LogP contribution in [0, 0.1) is 0 Å². The zero-order chi connectivity index (χ0) is 24.7. The fraction of sp³-hybridized carbons (Fsp3) is 0.444. The number of amides is 4. The van der Waals surface area contributed by atoms with Crippen molar-refractivity contribution in [3.63, 3.8) is 0 Å². The minimum Gasteiger partial charge on any atom is -0.342 e. The molecule has 1 saturated carbocycles. The molecular formula is C27H33N4O4+. The SMILES string of the molecule is O=C(NC1CCCCC1)C(=O)[N+]1(C(=O)C(Cc2ccccc2)NC(=O)c2ccccn2)CCCC1. The summed E-state index contributed by atoms with van der Waals surface area (Å²) in [6.07, 6.45) is 7.95. The predicted molar refractivity (Wildman–Crippen MR) is 130 cm³/mol. The van der Waals surface area contributed by atoms with Crippen molar-refractivity contribution in [1.82, 2.24) is 15.6 Å². The zero-order valence-corrected chi connectivity index (χ0v) is 19.9. The van der Waals surface area contributed by atoms with Gasteiger partial charge in [0.25, 0.3) is 5.91 Å². The van der Waals surface area contributed by atoms with Gasteiger partial charge in [-0.25, -0.2) is 9.59 Å². The zero-order valence-electron chi connectivity index (χ0n) is 19.9. The first-order valence-corrected chi connectivity index (χ1v) is 12.5. The van der Waals surface area contributed by atoms with Crippen LogP contribution in [-0.4, -0.2) is 58.3 Å². The van der Waals surface area contributed by atoms with Crippen LogP contribution < -0.4 is 10.6 Å². The molecule has 184 valence electrons. The van der Waals surface area contributed by atoms with E-state index >= 15 is 0 Å². The summed E-state index contributed by atoms with van der Waals surface area (Å²) in [5.41, 5.74) is 1.04. The summed E-state index contributed by atoms with van der Waals surface area (Å²) < 4.78 is -0.557. The summed E-state index contributed by atoms with van der Waals surface area (Å²) in [4.78, 5) is 57.5. The van der Waals surface area contributed by atoms with Crippen molar-refractivity contribution in [2.75, 3.05) is 13.1 Å². The van der Waals surface area contributed by atoms with E-state index in [1.807, 2.05) is 30.3 Å². The second kappa shape index (κ2) is 11.4. The van der Waals surface area contributed by atoms with E-state index in [1.165, 1.54) is 6.20 Å². The van der Waals surface area contributed by atoms with Gasteiger partial charge in [0.15, 0.2) is 0 Å². The molecule has 2 heterocycles. The van der Waals surface area contributed by atoms with Crippen molar-refractivity contribution < 1.29 is 23.7 Å². The summed E-state index contributed by atoms with van der Waals surface area (Å²) in [6.45, 7) is 0.529. The van der Waals surface area contributed by atoms with E-state index < -0.39 is 34.2 Å². The predicted octanol–water partition coefficient (Wildman–Crippen LogP) is 2.54. The van der Waals surface area contributed by atoms with E-state index in [4.69, 9.17) is 0 Å². The van der Waals surface area contributed by atoms with Crippen LogP contribution in [0.3, 0.4) is 0 Å². The second-order valence-electron chi connectivity index (χ2n) is 9.50. The third kappa shape index (κ3) is 5.82. The summed E-state index contributed by atoms with van der Waals surface area (Å²) in [5, 5.41) is 5.68. The van der Waals surface area contributed by atoms with Crippen LogP contribution in [0.25, 0.3) is 0 Å². The van der Waals surface area contributed by atoms with Crippen LogP contribution in [0.1, 0.15) is 61.0 Å². The number of carbonyl (C=O) groups excluding carboxylic acids is 4. The highest BCUT2D eigenvalue weighted by Gasteiger charge is 2.53. The van der Waals surface area contributed by atoms with Gasteiger partial charge in [0, 0.05) is 31.5 Å². The number of aromatic nitrogens is 1. The van der Waals surface area contributed by atoms with Crippen molar-refractivity contribution in [1.29, 1.82) is 0 Å². The number of carbonyl (C=O) groups is 4. The van der Waals surface area contributed by atoms with Crippen molar-refractivity contribution in [3.8, 4) is 0 Å². The average Bonchev–Trinajstić information content (AvgIpc) is 3.40. The first-order chi connectivity index (χ1) is 17.0. The van der Waals surface area contributed by atoms with Crippen LogP contribution in [0.5, 0.6) is 0 Å². The molecule has 2 aliphatic rings. The maximum Gasteiger partial charge on any atom is 0.411 e. The van der Waals surface area contributed by atoms with Crippen LogP contribution in [0.15, 0.2) is 54.7 Å². The van der Waals surface area contributed by atoms with Gasteiger partial charge >= 0.3 is 17.7 Å². The molecule has 1 unspecified atom stereocenters. The van der Waals surface area contributed by atoms with Crippen LogP contribution in [0.4, 0.5) is 0 Å². The normalized spacial score (nSPS) is 18.4. The Hall–Kier alpha value is -3.39. The van der Waals surface area contributed by atoms with E-state index in [1.54, 1.807) is 18.2 Å². The third-order valence-corrected chi connectivity index (χ3v) is 7.06. The van der Waals surface area contributed by atoms with Crippen molar-refractivity contribution in [2.24, 2.45) is 0 Å². The molecule has 2 fully saturated rings. The lowest BCUT2D eigenvalue weighted by atomic mass is 9.95. The number of nitrogens with one attached hydrogen (secondary N) is 2. The van der Waals surface area contributed by atoms with E-state index in [0.717, 1.165) is 37.7 Å². The number of pyridine rings is 1. The number of benzene rings is 1. The monoisotopic (exact) mass is 477 g/mol. The molecule has 1 aromatic carbocycles. The van der Waals surface area contributed by atoms with Crippen molar-refractivity contribution >= 4 is 23.6 Å². The Labute approximate surface area is 205 Å². The van der Waals surface area contributed by atoms with Crippen LogP contribution in [0.2, 0.25) is 0 Å². The highest BCUT2D eigenvalue weighted by atomic mass is 16.2. The lowest BCUT2D eigenvalue weighted by molar-refractivity contribution is -0.762. The molecule has 1 atom stereocenters. The Morgan fingerprint density at radius 1 is 0.886 bits per heavy atom. The van der Waals surface area contributed by atoms with Crippen molar-refractivity contribution in [3.05, 3.63) is 66.0 Å². The quantitative estimate of drug-likeness (QED) is 0.491. The molecule has 1 aromatic heterocycles. The smallest absolute Gasteiger partial charge is 0.342 e. The minimum atomic E-state index is -0.976. The Balaban J connectivity index is 1.58. The van der Waals surface area contributed by atoms with Gasteiger partial charge in [0.1, 0.15) is 11.7 Å². The Morgan fingerprint density at radius 3 is 2.23 bits per heavy atom. The standard InChI is InChI=1S/C27H32N4O4/c32-24(22-15-7-8-16-28-22)30-23(19-20-11-3-1-4-12-20)26(34)31(17-9-10-18-31)27(35)25(33)29-21-13-5-2-6-14-21/h1,3-4,7-8,11-12,15-16,21,23H,2,5-6,9-10,13-14,17-19H2,(H-,29,30,32,33)/p+1. The molecule has 35 heavy (non-hydrogen) atoms. The average molecular weight is 478 g/mol. The largest absolute Gasteiger partial charge is 0.411 e. The fourth-order valence-electron chi connectivity index (χ4n) is 5.16. The Bertz CT molecular complexity index is 1050. The number of likely N-dealkylation sites (tertiary alicyclic amines) is 1. The van der Waals surface area contributed by atoms with Gasteiger partial charge in [0.05, 0.1) is 13.1 Å². The topological polar surface area (TPSA) is 105 Å². The van der Waals surface area contributed by atoms with Crippen LogP contribution >= 0.6 is 0 Å². The highest BCUT2D eigenvalue weighted by molar-refractivity contribution is 6.33. The van der Waals surface area contributed by atoms with E-state index in [0.29, 0.717) is 12.8 Å². The fourth-order valence-corrected chi connectivity index (χ4v) is 5.16. The number of nitrogens with zero attached hydrogens (tertiary/aromatic N) is 2. The summed E-state index contributed by atoms with van der Waals surface area (Å²) in [7, 11) is 0. The Kier molecular flexibility index (Phi) is 8.02. The molecule has 4 amide bonds. The maximum atomic E-state index is 14.0. The molecule has 0 bridgehead atoms. The lowest BCUT2D eigenvalue weighted by Gasteiger charge is -2.32. The second-order valence-corrected chi connectivity index (χ2v) is 9.50. The van der Waals surface area contributed by atoms with Gasteiger partial charge in [0.2, 0.25) is 0 Å². The highest BCUT2D eigenvalue weighted by Crippen LogP contribution is 2.24. The maximum absolute atomic E-state index is 14.0. The first-order valence-electron chi connectivity index (χ1n) is 12.5.